The number of carbonyl (C=O) groups excluding carboxylic acids is 2. The van der Waals surface area contributed by atoms with Gasteiger partial charge in [-0.2, -0.15) is 0 Å². The second-order valence-electron chi connectivity index (χ2n) is 5.36. The van der Waals surface area contributed by atoms with E-state index in [1.807, 2.05) is 13.8 Å². The van der Waals surface area contributed by atoms with Crippen LogP contribution >= 0.6 is 0 Å². The van der Waals surface area contributed by atoms with Crippen molar-refractivity contribution in [2.24, 2.45) is 5.92 Å². The van der Waals surface area contributed by atoms with Gasteiger partial charge in [-0.05, 0) is 30.2 Å². The molecule has 0 saturated heterocycles. The summed E-state index contributed by atoms with van der Waals surface area (Å²) in [7, 11) is 0. The molecule has 0 aliphatic heterocycles. The van der Waals surface area contributed by atoms with Crippen LogP contribution in [0.2, 0.25) is 0 Å². The Balaban J connectivity index is 1.98. The summed E-state index contributed by atoms with van der Waals surface area (Å²) in [4.78, 5) is 28.3. The minimum absolute atomic E-state index is 0.00789. The molecule has 1 atom stereocenters. The van der Waals surface area contributed by atoms with Gasteiger partial charge in [0.2, 0.25) is 5.91 Å². The highest BCUT2D eigenvalue weighted by atomic mass is 16.3. The summed E-state index contributed by atoms with van der Waals surface area (Å²) >= 11 is 0. The van der Waals surface area contributed by atoms with Crippen LogP contribution in [0.25, 0.3) is 0 Å². The van der Waals surface area contributed by atoms with Gasteiger partial charge in [-0.15, -0.1) is 0 Å². The molecule has 2 heterocycles. The molecule has 2 aromatic heterocycles. The Kier molecular flexibility index (Phi) is 5.35. The van der Waals surface area contributed by atoms with Crippen molar-refractivity contribution in [3.8, 4) is 5.75 Å². The molecule has 122 valence electrons. The van der Waals surface area contributed by atoms with Crippen molar-refractivity contribution in [2.45, 2.75) is 26.4 Å². The van der Waals surface area contributed by atoms with Gasteiger partial charge >= 0.3 is 0 Å². The number of carbonyl (C=O) groups is 2. The normalized spacial score (nSPS) is 12.0. The summed E-state index contributed by atoms with van der Waals surface area (Å²) in [5, 5.41) is 15.0. The third-order valence-electron chi connectivity index (χ3n) is 3.28. The number of hydrogen-bond donors (Lipinski definition) is 3. The van der Waals surface area contributed by atoms with Crippen molar-refractivity contribution in [3.63, 3.8) is 0 Å². The largest absolute Gasteiger partial charge is 0.506 e. The minimum atomic E-state index is -0.724. The molecule has 2 aromatic rings. The van der Waals surface area contributed by atoms with E-state index in [1.54, 1.807) is 12.1 Å². The van der Waals surface area contributed by atoms with Crippen LogP contribution in [0.1, 0.15) is 30.1 Å². The summed E-state index contributed by atoms with van der Waals surface area (Å²) in [5.41, 5.74) is 0.362. The summed E-state index contributed by atoms with van der Waals surface area (Å²) in [6.45, 7) is 3.72. The predicted octanol–water partition coefficient (Wildman–Crippen LogP) is 1.45. The molecule has 2 amide bonds. The van der Waals surface area contributed by atoms with Crippen molar-refractivity contribution in [3.05, 3.63) is 48.2 Å². The molecule has 0 unspecified atom stereocenters. The second-order valence-corrected chi connectivity index (χ2v) is 5.36. The van der Waals surface area contributed by atoms with E-state index < -0.39 is 11.9 Å². The van der Waals surface area contributed by atoms with E-state index in [-0.39, 0.29) is 29.9 Å². The Hall–Kier alpha value is -2.83. The predicted molar refractivity (Wildman–Crippen MR) is 82.5 cm³/mol. The molecule has 0 aromatic carbocycles. The van der Waals surface area contributed by atoms with Crippen LogP contribution in [0.4, 0.5) is 0 Å². The van der Waals surface area contributed by atoms with Gasteiger partial charge in [-0.25, -0.2) is 0 Å². The quantitative estimate of drug-likeness (QED) is 0.748. The molecular weight excluding hydrogens is 298 g/mol. The molecule has 0 fully saturated rings. The van der Waals surface area contributed by atoms with Gasteiger partial charge in [-0.1, -0.05) is 13.8 Å². The molecule has 0 aliphatic rings. The Morgan fingerprint density at radius 2 is 2.09 bits per heavy atom. The third kappa shape index (κ3) is 4.32. The van der Waals surface area contributed by atoms with E-state index in [1.165, 1.54) is 24.6 Å². The van der Waals surface area contributed by atoms with Crippen molar-refractivity contribution in [1.29, 1.82) is 0 Å². The van der Waals surface area contributed by atoms with E-state index in [2.05, 4.69) is 15.6 Å². The fourth-order valence-corrected chi connectivity index (χ4v) is 2.00. The molecule has 0 spiro atoms. The lowest BCUT2D eigenvalue weighted by molar-refractivity contribution is -0.124. The van der Waals surface area contributed by atoms with Crippen LogP contribution < -0.4 is 10.6 Å². The van der Waals surface area contributed by atoms with Gasteiger partial charge < -0.3 is 20.2 Å². The summed E-state index contributed by atoms with van der Waals surface area (Å²) in [6, 6.07) is 5.49. The molecule has 23 heavy (non-hydrogen) atoms. The van der Waals surface area contributed by atoms with Crippen molar-refractivity contribution in [1.82, 2.24) is 15.6 Å². The smallest absolute Gasteiger partial charge is 0.287 e. The molecule has 0 saturated carbocycles. The lowest BCUT2D eigenvalue weighted by Crippen LogP contribution is -2.49. The summed E-state index contributed by atoms with van der Waals surface area (Å²) in [6.07, 6.45) is 2.92. The maximum Gasteiger partial charge on any atom is 0.287 e. The van der Waals surface area contributed by atoms with Crippen LogP contribution in [0.15, 0.2) is 41.1 Å². The number of furan rings is 1. The standard InChI is InChI=1S/C16H19N3O4/c1-10(2)14(19-15(21)13-6-4-8-23-13)16(22)18-9-11-12(20)5-3-7-17-11/h3-8,10,14,20H,9H2,1-2H3,(H,18,22)(H,19,21)/t14-/m1/s1. The molecule has 2 rings (SSSR count). The fourth-order valence-electron chi connectivity index (χ4n) is 2.00. The SMILES string of the molecule is CC(C)[C@@H](NC(=O)c1ccco1)C(=O)NCc1ncccc1O. The highest BCUT2D eigenvalue weighted by Gasteiger charge is 2.25. The topological polar surface area (TPSA) is 104 Å². The summed E-state index contributed by atoms with van der Waals surface area (Å²) < 4.78 is 5.01. The zero-order valence-electron chi connectivity index (χ0n) is 12.9. The molecule has 0 aliphatic carbocycles. The first-order chi connectivity index (χ1) is 11.0. The number of amides is 2. The number of nitrogens with zero attached hydrogens (tertiary/aromatic N) is 1. The number of hydrogen-bond acceptors (Lipinski definition) is 5. The zero-order valence-corrected chi connectivity index (χ0v) is 12.9. The average Bonchev–Trinajstić information content (AvgIpc) is 3.05. The van der Waals surface area contributed by atoms with Crippen LogP contribution in [0.3, 0.4) is 0 Å². The number of aromatic hydroxyl groups is 1. The Bertz CT molecular complexity index is 668. The van der Waals surface area contributed by atoms with E-state index >= 15 is 0 Å². The van der Waals surface area contributed by atoms with Crippen molar-refractivity contribution in [2.75, 3.05) is 0 Å². The Morgan fingerprint density at radius 3 is 2.70 bits per heavy atom. The lowest BCUT2D eigenvalue weighted by atomic mass is 10.0. The lowest BCUT2D eigenvalue weighted by Gasteiger charge is -2.21. The maximum absolute atomic E-state index is 12.3. The van der Waals surface area contributed by atoms with E-state index in [4.69, 9.17) is 4.42 Å². The van der Waals surface area contributed by atoms with Crippen LogP contribution in [-0.2, 0) is 11.3 Å². The Morgan fingerprint density at radius 1 is 1.30 bits per heavy atom. The van der Waals surface area contributed by atoms with E-state index in [9.17, 15) is 14.7 Å². The van der Waals surface area contributed by atoms with Gasteiger partial charge in [0, 0.05) is 6.20 Å². The highest BCUT2D eigenvalue weighted by Crippen LogP contribution is 2.12. The number of rotatable bonds is 6. The average molecular weight is 317 g/mol. The van der Waals surface area contributed by atoms with Crippen LogP contribution in [0.5, 0.6) is 5.75 Å². The third-order valence-corrected chi connectivity index (χ3v) is 3.28. The van der Waals surface area contributed by atoms with Crippen LogP contribution in [0, 0.1) is 5.92 Å². The molecule has 0 bridgehead atoms. The molecular formula is C16H19N3O4. The zero-order chi connectivity index (χ0) is 16.8. The van der Waals surface area contributed by atoms with Gasteiger partial charge in [0.25, 0.3) is 5.91 Å². The molecule has 7 nitrogen and oxygen atoms in total. The number of aromatic nitrogens is 1. The van der Waals surface area contributed by atoms with Crippen molar-refractivity contribution >= 4 is 11.8 Å². The maximum atomic E-state index is 12.3. The number of nitrogens with one attached hydrogen (secondary N) is 2. The first kappa shape index (κ1) is 16.5. The van der Waals surface area contributed by atoms with E-state index in [0.717, 1.165) is 0 Å². The van der Waals surface area contributed by atoms with Gasteiger partial charge in [0.05, 0.1) is 12.8 Å². The monoisotopic (exact) mass is 317 g/mol. The summed E-state index contributed by atoms with van der Waals surface area (Å²) in [5.74, 6) is -0.778. The second kappa shape index (κ2) is 7.44. The molecule has 0 radical (unpaired) electrons. The fraction of sp³-hybridized carbons (Fsp3) is 0.312. The molecule has 7 heteroatoms. The van der Waals surface area contributed by atoms with Gasteiger partial charge in [0.1, 0.15) is 17.5 Å². The van der Waals surface area contributed by atoms with Crippen molar-refractivity contribution < 1.29 is 19.1 Å². The highest BCUT2D eigenvalue weighted by molar-refractivity contribution is 5.95. The Labute approximate surface area is 133 Å². The van der Waals surface area contributed by atoms with Gasteiger partial charge in [-0.3, -0.25) is 14.6 Å². The minimum Gasteiger partial charge on any atom is -0.506 e. The molecule has 3 N–H and O–H groups in total. The van der Waals surface area contributed by atoms with Crippen LogP contribution in [-0.4, -0.2) is 27.9 Å². The first-order valence-corrected chi connectivity index (χ1v) is 7.24. The van der Waals surface area contributed by atoms with Gasteiger partial charge in [0.15, 0.2) is 5.76 Å². The first-order valence-electron chi connectivity index (χ1n) is 7.24. The number of pyridine rings is 1. The van der Waals surface area contributed by atoms with E-state index in [0.29, 0.717) is 5.69 Å².